The molecule has 0 aliphatic heterocycles. The van der Waals surface area contributed by atoms with Gasteiger partial charge in [-0.1, -0.05) is 49.1 Å². The highest BCUT2D eigenvalue weighted by Crippen LogP contribution is 2.38. The number of amides is 1. The van der Waals surface area contributed by atoms with Crippen LogP contribution in [0.2, 0.25) is 0 Å². The third-order valence-electron chi connectivity index (χ3n) is 5.74. The van der Waals surface area contributed by atoms with Crippen LogP contribution in [-0.2, 0) is 14.8 Å². The van der Waals surface area contributed by atoms with Crippen LogP contribution in [0.5, 0.6) is 0 Å². The summed E-state index contributed by atoms with van der Waals surface area (Å²) in [6.45, 7) is 8.84. The first kappa shape index (κ1) is 23.2. The zero-order chi connectivity index (χ0) is 21.6. The van der Waals surface area contributed by atoms with E-state index < -0.39 is 10.0 Å². The van der Waals surface area contributed by atoms with Gasteiger partial charge >= 0.3 is 0 Å². The third kappa shape index (κ3) is 6.45. The van der Waals surface area contributed by atoms with E-state index in [9.17, 15) is 13.2 Å². The van der Waals surface area contributed by atoms with Crippen LogP contribution < -0.4 is 10.0 Å². The van der Waals surface area contributed by atoms with Gasteiger partial charge in [0.05, 0.1) is 11.4 Å². The van der Waals surface area contributed by atoms with Crippen molar-refractivity contribution in [2.45, 2.75) is 45.4 Å². The van der Waals surface area contributed by atoms with Crippen LogP contribution in [0.25, 0.3) is 0 Å². The summed E-state index contributed by atoms with van der Waals surface area (Å²) in [6, 6.07) is 6.85. The van der Waals surface area contributed by atoms with E-state index in [1.165, 1.54) is 0 Å². The highest BCUT2D eigenvalue weighted by molar-refractivity contribution is 7.89. The van der Waals surface area contributed by atoms with E-state index in [4.69, 9.17) is 6.42 Å². The van der Waals surface area contributed by atoms with Gasteiger partial charge in [-0.15, -0.1) is 6.42 Å². The van der Waals surface area contributed by atoms with Gasteiger partial charge in [0, 0.05) is 13.0 Å². The molecular weight excluding hydrogens is 384 g/mol. The van der Waals surface area contributed by atoms with E-state index in [0.29, 0.717) is 24.8 Å². The fourth-order valence-electron chi connectivity index (χ4n) is 3.96. The van der Waals surface area contributed by atoms with Gasteiger partial charge in [0.2, 0.25) is 15.9 Å². The summed E-state index contributed by atoms with van der Waals surface area (Å²) in [5.41, 5.74) is 2.16. The SMILES string of the molecule is C#CCNC(=O)C[C@@H]1C[C@@H](C(C)C)[C@@H](CNS(=O)(=O)c2ccc(C)cc2)C=C1C. The lowest BCUT2D eigenvalue weighted by Gasteiger charge is -2.37. The van der Waals surface area contributed by atoms with Gasteiger partial charge in [0.15, 0.2) is 0 Å². The standard InChI is InChI=1S/C23H32N2O3S/c1-6-11-24-23(26)14-19-13-22(16(2)3)20(12-18(19)5)15-25-29(27,28)21-9-7-17(4)8-10-21/h1,7-10,12,16,19-20,22,25H,11,13-15H2,2-5H3,(H,24,26)/t19-,20+,22-/m0/s1. The van der Waals surface area contributed by atoms with E-state index in [0.717, 1.165) is 17.6 Å². The van der Waals surface area contributed by atoms with Gasteiger partial charge in [0.25, 0.3) is 0 Å². The molecule has 1 amide bonds. The van der Waals surface area contributed by atoms with Gasteiger partial charge in [-0.2, -0.15) is 0 Å². The second-order valence-electron chi connectivity index (χ2n) is 8.26. The van der Waals surface area contributed by atoms with Crippen LogP contribution in [0.1, 0.15) is 39.2 Å². The lowest BCUT2D eigenvalue weighted by molar-refractivity contribution is -0.121. The fraction of sp³-hybridized carbons (Fsp3) is 0.522. The molecule has 1 aromatic carbocycles. The molecule has 3 atom stereocenters. The number of carbonyl (C=O) groups is 1. The first-order chi connectivity index (χ1) is 13.6. The molecule has 6 heteroatoms. The summed E-state index contributed by atoms with van der Waals surface area (Å²) in [5, 5.41) is 2.73. The van der Waals surface area contributed by atoms with Gasteiger partial charge in [-0.05, 0) is 56.1 Å². The minimum Gasteiger partial charge on any atom is -0.345 e. The van der Waals surface area contributed by atoms with E-state index in [1.54, 1.807) is 24.3 Å². The summed E-state index contributed by atoms with van der Waals surface area (Å²) in [5.74, 6) is 3.31. The topological polar surface area (TPSA) is 75.3 Å². The summed E-state index contributed by atoms with van der Waals surface area (Å²) in [4.78, 5) is 12.4. The number of aryl methyl sites for hydroxylation is 1. The molecule has 5 nitrogen and oxygen atoms in total. The number of allylic oxidation sites excluding steroid dienone is 1. The fourth-order valence-corrected chi connectivity index (χ4v) is 5.03. The molecule has 1 aliphatic rings. The first-order valence-corrected chi connectivity index (χ1v) is 11.6. The van der Waals surface area contributed by atoms with Crippen molar-refractivity contribution in [2.24, 2.45) is 23.7 Å². The summed E-state index contributed by atoms with van der Waals surface area (Å²) in [6.07, 6.45) is 8.62. The largest absolute Gasteiger partial charge is 0.345 e. The monoisotopic (exact) mass is 416 g/mol. The molecule has 0 aromatic heterocycles. The predicted octanol–water partition coefficient (Wildman–Crippen LogP) is 3.27. The maximum atomic E-state index is 12.7. The van der Waals surface area contributed by atoms with Gasteiger partial charge < -0.3 is 5.32 Å². The molecule has 0 unspecified atom stereocenters. The van der Waals surface area contributed by atoms with Gasteiger partial charge in [0.1, 0.15) is 0 Å². The van der Waals surface area contributed by atoms with Crippen molar-refractivity contribution >= 4 is 15.9 Å². The Hall–Kier alpha value is -2.10. The minimum absolute atomic E-state index is 0.0401. The molecule has 0 radical (unpaired) electrons. The highest BCUT2D eigenvalue weighted by atomic mass is 32.2. The second-order valence-corrected chi connectivity index (χ2v) is 10.0. The Morgan fingerprint density at radius 2 is 1.90 bits per heavy atom. The molecule has 0 spiro atoms. The van der Waals surface area contributed by atoms with Crippen molar-refractivity contribution in [3.8, 4) is 12.3 Å². The zero-order valence-corrected chi connectivity index (χ0v) is 18.6. The number of hydrogen-bond donors (Lipinski definition) is 2. The molecule has 158 valence electrons. The van der Waals surface area contributed by atoms with Crippen LogP contribution in [0.3, 0.4) is 0 Å². The predicted molar refractivity (Wildman–Crippen MR) is 117 cm³/mol. The molecule has 2 rings (SSSR count). The Morgan fingerprint density at radius 3 is 2.48 bits per heavy atom. The van der Waals surface area contributed by atoms with Crippen molar-refractivity contribution in [3.05, 3.63) is 41.5 Å². The Labute approximate surface area is 175 Å². The molecule has 1 aliphatic carbocycles. The molecule has 0 heterocycles. The Bertz CT molecular complexity index is 880. The number of carbonyl (C=O) groups excluding carboxylic acids is 1. The smallest absolute Gasteiger partial charge is 0.240 e. The quantitative estimate of drug-likeness (QED) is 0.504. The number of sulfonamides is 1. The van der Waals surface area contributed by atoms with E-state index in [-0.39, 0.29) is 29.2 Å². The molecule has 0 saturated carbocycles. The zero-order valence-electron chi connectivity index (χ0n) is 17.7. The molecule has 0 fully saturated rings. The number of nitrogens with one attached hydrogen (secondary N) is 2. The Balaban J connectivity index is 2.10. The molecule has 1 aromatic rings. The lowest BCUT2D eigenvalue weighted by Crippen LogP contribution is -2.37. The average Bonchev–Trinajstić information content (AvgIpc) is 2.66. The average molecular weight is 417 g/mol. The Morgan fingerprint density at radius 1 is 1.24 bits per heavy atom. The lowest BCUT2D eigenvalue weighted by atomic mass is 9.70. The van der Waals surface area contributed by atoms with Gasteiger partial charge in [-0.3, -0.25) is 4.79 Å². The van der Waals surface area contributed by atoms with Crippen LogP contribution in [-0.4, -0.2) is 27.4 Å². The first-order valence-electron chi connectivity index (χ1n) is 10.1. The van der Waals surface area contributed by atoms with Crippen molar-refractivity contribution in [3.63, 3.8) is 0 Å². The van der Waals surface area contributed by atoms with Crippen molar-refractivity contribution in [1.82, 2.24) is 10.0 Å². The van der Waals surface area contributed by atoms with E-state index in [1.807, 2.05) is 13.8 Å². The Kier molecular flexibility index (Phi) is 8.06. The maximum Gasteiger partial charge on any atom is 0.240 e. The highest BCUT2D eigenvalue weighted by Gasteiger charge is 2.33. The van der Waals surface area contributed by atoms with E-state index in [2.05, 4.69) is 35.9 Å². The number of benzene rings is 1. The minimum atomic E-state index is -3.55. The van der Waals surface area contributed by atoms with Crippen molar-refractivity contribution in [1.29, 1.82) is 0 Å². The van der Waals surface area contributed by atoms with E-state index >= 15 is 0 Å². The molecular formula is C23H32N2O3S. The summed E-state index contributed by atoms with van der Waals surface area (Å²) >= 11 is 0. The summed E-state index contributed by atoms with van der Waals surface area (Å²) < 4.78 is 28.1. The number of rotatable bonds is 8. The normalized spacial score (nSPS) is 22.1. The molecule has 29 heavy (non-hydrogen) atoms. The van der Waals surface area contributed by atoms with Crippen molar-refractivity contribution < 1.29 is 13.2 Å². The van der Waals surface area contributed by atoms with Crippen LogP contribution in [0.4, 0.5) is 0 Å². The summed E-state index contributed by atoms with van der Waals surface area (Å²) in [7, 11) is -3.55. The molecule has 0 saturated heterocycles. The number of terminal acetylenes is 1. The van der Waals surface area contributed by atoms with Crippen LogP contribution >= 0.6 is 0 Å². The maximum absolute atomic E-state index is 12.7. The number of hydrogen-bond acceptors (Lipinski definition) is 3. The second kappa shape index (κ2) is 10.1. The van der Waals surface area contributed by atoms with Crippen molar-refractivity contribution in [2.75, 3.05) is 13.1 Å². The third-order valence-corrected chi connectivity index (χ3v) is 7.18. The molecule has 0 bridgehead atoms. The van der Waals surface area contributed by atoms with Crippen LogP contribution in [0, 0.1) is 42.9 Å². The van der Waals surface area contributed by atoms with Gasteiger partial charge in [-0.25, -0.2) is 13.1 Å². The van der Waals surface area contributed by atoms with Crippen LogP contribution in [0.15, 0.2) is 40.8 Å². The molecule has 2 N–H and O–H groups in total.